The van der Waals surface area contributed by atoms with Crippen molar-refractivity contribution in [1.29, 1.82) is 0 Å². The standard InChI is InChI=1S/C28H32O15/c1-37-24-12(29)8-14-16(19(33)26(38-2)23(41-14)11-6-4-3-5-7-11)25(24)43-28-22(36)20(34)18(32)15(42-28)10-40-27-21(35)17(31)13(30)9-39-27/h3-8,13,15,17-18,20-22,27-32,34-36H,9-10H2,1-2H3/t13-,15?,17-,18+,20-,21?,22?,27-,28-/m0/s1. The average Bonchev–Trinajstić information content (AvgIpc) is 3.00. The van der Waals surface area contributed by atoms with E-state index in [1.807, 2.05) is 0 Å². The molecule has 3 heterocycles. The van der Waals surface area contributed by atoms with Gasteiger partial charge in [-0.15, -0.1) is 0 Å². The van der Waals surface area contributed by atoms with Crippen LogP contribution in [0.5, 0.6) is 23.0 Å². The van der Waals surface area contributed by atoms with E-state index in [1.54, 1.807) is 30.3 Å². The molecule has 2 aliphatic rings. The Kier molecular flexibility index (Phi) is 9.07. The Morgan fingerprint density at radius 3 is 2.19 bits per heavy atom. The van der Waals surface area contributed by atoms with Crippen LogP contribution >= 0.6 is 0 Å². The molecule has 7 N–H and O–H groups in total. The lowest BCUT2D eigenvalue weighted by Gasteiger charge is -2.41. The molecule has 43 heavy (non-hydrogen) atoms. The molecule has 3 unspecified atom stereocenters. The fourth-order valence-electron chi connectivity index (χ4n) is 4.93. The summed E-state index contributed by atoms with van der Waals surface area (Å²) in [6.07, 6.45) is -14.5. The Morgan fingerprint density at radius 1 is 0.837 bits per heavy atom. The lowest BCUT2D eigenvalue weighted by atomic mass is 9.99. The lowest BCUT2D eigenvalue weighted by molar-refractivity contribution is -0.307. The monoisotopic (exact) mass is 608 g/mol. The highest BCUT2D eigenvalue weighted by molar-refractivity contribution is 5.91. The molecule has 2 saturated heterocycles. The van der Waals surface area contributed by atoms with Gasteiger partial charge in [0.15, 0.2) is 23.5 Å². The number of aromatic hydroxyl groups is 1. The van der Waals surface area contributed by atoms with E-state index in [9.17, 15) is 40.5 Å². The molecule has 1 aromatic heterocycles. The van der Waals surface area contributed by atoms with Crippen LogP contribution < -0.4 is 19.6 Å². The Hall–Kier alpha value is -3.51. The summed E-state index contributed by atoms with van der Waals surface area (Å²) in [7, 11) is 2.46. The first-order valence-electron chi connectivity index (χ1n) is 13.2. The molecular formula is C28H32O15. The van der Waals surface area contributed by atoms with Crippen molar-refractivity contribution in [2.45, 2.75) is 55.3 Å². The van der Waals surface area contributed by atoms with Crippen LogP contribution in [0.3, 0.4) is 0 Å². The number of hydrogen-bond donors (Lipinski definition) is 7. The van der Waals surface area contributed by atoms with Gasteiger partial charge in [0.05, 0.1) is 27.4 Å². The number of aliphatic hydroxyl groups excluding tert-OH is 6. The van der Waals surface area contributed by atoms with Crippen molar-refractivity contribution < 1.29 is 68.6 Å². The Balaban J connectivity index is 1.49. The van der Waals surface area contributed by atoms with Crippen LogP contribution in [-0.4, -0.2) is 118 Å². The third-order valence-corrected chi connectivity index (χ3v) is 7.26. The summed E-state index contributed by atoms with van der Waals surface area (Å²) < 4.78 is 38.7. The number of hydrogen-bond acceptors (Lipinski definition) is 15. The SMILES string of the molecule is COc1c(O)cc2oc(-c3ccccc3)c(OC)c(=O)c2c1O[C@@H]1OC(CO[C@@H]2OC[C@H](O)[C@H](O)C2O)[C@@H](O)[C@H](O)C1O. The molecule has 2 aliphatic heterocycles. The van der Waals surface area contributed by atoms with E-state index >= 15 is 0 Å². The maximum Gasteiger partial charge on any atom is 0.239 e. The highest BCUT2D eigenvalue weighted by Gasteiger charge is 2.47. The van der Waals surface area contributed by atoms with Crippen LogP contribution in [0, 0.1) is 0 Å². The van der Waals surface area contributed by atoms with Crippen molar-refractivity contribution >= 4 is 11.0 Å². The summed E-state index contributed by atoms with van der Waals surface area (Å²) in [5, 5.41) is 71.9. The van der Waals surface area contributed by atoms with Gasteiger partial charge in [-0.2, -0.15) is 0 Å². The van der Waals surface area contributed by atoms with Crippen LogP contribution in [-0.2, 0) is 14.2 Å². The Morgan fingerprint density at radius 2 is 1.51 bits per heavy atom. The third-order valence-electron chi connectivity index (χ3n) is 7.26. The van der Waals surface area contributed by atoms with Crippen molar-refractivity contribution in [2.75, 3.05) is 27.4 Å². The van der Waals surface area contributed by atoms with E-state index in [0.29, 0.717) is 5.56 Å². The van der Waals surface area contributed by atoms with E-state index in [0.717, 1.165) is 6.07 Å². The van der Waals surface area contributed by atoms with Crippen molar-refractivity contribution in [1.82, 2.24) is 0 Å². The second-order valence-corrected chi connectivity index (χ2v) is 10.0. The topological polar surface area (TPSA) is 227 Å². The molecule has 0 aliphatic carbocycles. The molecule has 3 aromatic rings. The predicted molar refractivity (Wildman–Crippen MR) is 144 cm³/mol. The molecule has 0 spiro atoms. The molecule has 15 nitrogen and oxygen atoms in total. The van der Waals surface area contributed by atoms with Gasteiger partial charge >= 0.3 is 0 Å². The highest BCUT2D eigenvalue weighted by atomic mass is 16.7. The Bertz CT molecular complexity index is 1480. The molecule has 2 aromatic carbocycles. The van der Waals surface area contributed by atoms with Gasteiger partial charge in [0.25, 0.3) is 0 Å². The summed E-state index contributed by atoms with van der Waals surface area (Å²) in [5.74, 6) is -1.36. The average molecular weight is 609 g/mol. The molecule has 15 heteroatoms. The van der Waals surface area contributed by atoms with Crippen molar-refractivity contribution in [3.8, 4) is 34.3 Å². The van der Waals surface area contributed by atoms with Crippen molar-refractivity contribution in [3.63, 3.8) is 0 Å². The minimum absolute atomic E-state index is 0.0746. The minimum Gasteiger partial charge on any atom is -0.504 e. The molecule has 0 radical (unpaired) electrons. The zero-order chi connectivity index (χ0) is 31.0. The van der Waals surface area contributed by atoms with Gasteiger partial charge in [-0.3, -0.25) is 4.79 Å². The van der Waals surface area contributed by atoms with Gasteiger partial charge in [0.1, 0.15) is 53.7 Å². The summed E-state index contributed by atoms with van der Waals surface area (Å²) >= 11 is 0. The maximum atomic E-state index is 13.7. The molecule has 0 bridgehead atoms. The van der Waals surface area contributed by atoms with Crippen molar-refractivity contribution in [2.24, 2.45) is 0 Å². The fraction of sp³-hybridized carbons (Fsp3) is 0.464. The fourth-order valence-corrected chi connectivity index (χ4v) is 4.93. The van der Waals surface area contributed by atoms with Gasteiger partial charge in [0, 0.05) is 11.6 Å². The molecule has 234 valence electrons. The summed E-state index contributed by atoms with van der Waals surface area (Å²) in [4.78, 5) is 13.7. The summed E-state index contributed by atoms with van der Waals surface area (Å²) in [5.41, 5.74) is -0.338. The maximum absolute atomic E-state index is 13.7. The minimum atomic E-state index is -1.88. The number of rotatable bonds is 8. The largest absolute Gasteiger partial charge is 0.504 e. The first-order valence-corrected chi connectivity index (χ1v) is 13.2. The predicted octanol–water partition coefficient (Wildman–Crippen LogP) is -1.18. The molecular weight excluding hydrogens is 576 g/mol. The van der Waals surface area contributed by atoms with Gasteiger partial charge in [-0.1, -0.05) is 30.3 Å². The van der Waals surface area contributed by atoms with Crippen LogP contribution in [0.4, 0.5) is 0 Å². The Labute approximate surface area is 243 Å². The number of benzene rings is 2. The van der Waals surface area contributed by atoms with E-state index in [4.69, 9.17) is 32.8 Å². The summed E-state index contributed by atoms with van der Waals surface area (Å²) in [6.45, 7) is -0.879. The van der Waals surface area contributed by atoms with Crippen LogP contribution in [0.15, 0.2) is 45.6 Å². The quantitative estimate of drug-likeness (QED) is 0.160. The number of methoxy groups -OCH3 is 2. The normalized spacial score (nSPS) is 31.1. The first kappa shape index (κ1) is 30.9. The van der Waals surface area contributed by atoms with Crippen LogP contribution in [0.1, 0.15) is 0 Å². The lowest BCUT2D eigenvalue weighted by Crippen LogP contribution is -2.61. The smallest absolute Gasteiger partial charge is 0.239 e. The number of phenols is 1. The van der Waals surface area contributed by atoms with E-state index in [1.165, 1.54) is 14.2 Å². The summed E-state index contributed by atoms with van der Waals surface area (Å²) in [6, 6.07) is 9.75. The van der Waals surface area contributed by atoms with Crippen molar-refractivity contribution in [3.05, 3.63) is 46.6 Å². The van der Waals surface area contributed by atoms with E-state index in [2.05, 4.69) is 0 Å². The molecule has 0 saturated carbocycles. The highest BCUT2D eigenvalue weighted by Crippen LogP contribution is 2.45. The number of aliphatic hydroxyl groups is 6. The van der Waals surface area contributed by atoms with Gasteiger partial charge in [-0.25, -0.2) is 0 Å². The molecule has 0 amide bonds. The van der Waals surface area contributed by atoms with E-state index in [-0.39, 0.29) is 34.8 Å². The first-order chi connectivity index (χ1) is 20.6. The zero-order valence-corrected chi connectivity index (χ0v) is 23.0. The third kappa shape index (κ3) is 5.74. The molecule has 5 rings (SSSR count). The molecule has 9 atom stereocenters. The number of phenolic OH excluding ortho intramolecular Hbond substituents is 1. The molecule has 2 fully saturated rings. The number of fused-ring (bicyclic) bond motifs is 1. The van der Waals surface area contributed by atoms with Crippen LogP contribution in [0.2, 0.25) is 0 Å². The zero-order valence-electron chi connectivity index (χ0n) is 23.0. The van der Waals surface area contributed by atoms with Gasteiger partial charge < -0.3 is 68.6 Å². The van der Waals surface area contributed by atoms with E-state index < -0.39 is 78.8 Å². The van der Waals surface area contributed by atoms with Gasteiger partial charge in [-0.05, 0) is 0 Å². The number of ether oxygens (including phenoxy) is 6. The second-order valence-electron chi connectivity index (χ2n) is 10.0. The second kappa shape index (κ2) is 12.6. The van der Waals surface area contributed by atoms with Gasteiger partial charge in [0.2, 0.25) is 23.2 Å². The van der Waals surface area contributed by atoms with Crippen LogP contribution in [0.25, 0.3) is 22.3 Å².